The summed E-state index contributed by atoms with van der Waals surface area (Å²) < 4.78 is 0. The summed E-state index contributed by atoms with van der Waals surface area (Å²) in [5.41, 5.74) is 6.92. The molecule has 1 fully saturated rings. The Bertz CT molecular complexity index is 260. The monoisotopic (exact) mass is 249 g/mol. The lowest BCUT2D eigenvalue weighted by molar-refractivity contribution is 0.0414. The van der Waals surface area contributed by atoms with Crippen LogP contribution >= 0.6 is 0 Å². The minimum atomic E-state index is 0. The van der Waals surface area contributed by atoms with Gasteiger partial charge < -0.3 is 5.73 Å². The molecule has 2 nitrogen and oxygen atoms in total. The number of rotatable bonds is 0. The van der Waals surface area contributed by atoms with Crippen LogP contribution in [-0.4, -0.2) is 38.0 Å². The van der Waals surface area contributed by atoms with Crippen LogP contribution < -0.4 is 5.73 Å². The summed E-state index contributed by atoms with van der Waals surface area (Å²) in [5.74, 6) is 0. The molecule has 0 aromatic carbocycles. The number of allylic oxidation sites excluding steroid dienone is 1. The average molecular weight is 249 g/mol. The van der Waals surface area contributed by atoms with E-state index < -0.39 is 0 Å². The fraction of sp³-hybridized carbons (Fsp3) is 0.867. The second-order valence-corrected chi connectivity index (χ2v) is 6.18. The van der Waals surface area contributed by atoms with Gasteiger partial charge in [0.2, 0.25) is 0 Å². The van der Waals surface area contributed by atoms with E-state index in [0.717, 1.165) is 0 Å². The molecule has 0 aromatic heterocycles. The zero-order valence-corrected chi connectivity index (χ0v) is 12.9. The van der Waals surface area contributed by atoms with Gasteiger partial charge in [0.15, 0.2) is 0 Å². The summed E-state index contributed by atoms with van der Waals surface area (Å²) in [7, 11) is 0. The Labute approximate surface area is 116 Å². The third-order valence-corrected chi connectivity index (χ3v) is 4.28. The van der Waals surface area contributed by atoms with E-state index in [-0.39, 0.29) is 8.41 Å². The van der Waals surface area contributed by atoms with Gasteiger partial charge in [-0.3, -0.25) is 4.90 Å². The van der Waals surface area contributed by atoms with E-state index in [1.54, 1.807) is 0 Å². The normalized spacial score (nSPS) is 26.4. The summed E-state index contributed by atoms with van der Waals surface area (Å²) in [4.78, 5) is 2.59. The van der Waals surface area contributed by atoms with E-state index in [9.17, 15) is 0 Å². The summed E-state index contributed by atoms with van der Waals surface area (Å²) in [6.45, 7) is 13.3. The molecule has 2 N–H and O–H groups in total. The topological polar surface area (TPSA) is 29.3 Å². The number of piperidine rings is 1. The first-order chi connectivity index (χ1) is 7.94. The predicted octanol–water partition coefficient (Wildman–Crippen LogP) is 2.80. The van der Waals surface area contributed by atoms with Gasteiger partial charge in [0.1, 0.15) is 0 Å². The maximum Gasteiger partial charge on any atom is 0.0285 e. The molecule has 3 radical (unpaired) electrons. The molecule has 18 heavy (non-hydrogen) atoms. The predicted molar refractivity (Wildman–Crippen MR) is 81.8 cm³/mol. The van der Waals surface area contributed by atoms with Gasteiger partial charge in [-0.1, -0.05) is 26.0 Å². The first kappa shape index (κ1) is 17.7. The second-order valence-electron chi connectivity index (χ2n) is 6.18. The highest BCUT2D eigenvalue weighted by atomic mass is 15.2. The zero-order chi connectivity index (χ0) is 13.1. The van der Waals surface area contributed by atoms with Gasteiger partial charge in [0.25, 0.3) is 0 Å². The first-order valence-corrected chi connectivity index (χ1v) is 7.11. The minimum Gasteiger partial charge on any atom is -0.324 e. The third-order valence-electron chi connectivity index (χ3n) is 4.28. The first-order valence-electron chi connectivity index (χ1n) is 7.11. The Hall–Kier alpha value is -0.275. The van der Waals surface area contributed by atoms with Crippen molar-refractivity contribution < 1.29 is 0 Å². The van der Waals surface area contributed by atoms with Gasteiger partial charge in [-0.15, -0.1) is 0 Å². The molecule has 1 aliphatic carbocycles. The second kappa shape index (κ2) is 6.77. The van der Waals surface area contributed by atoms with Gasteiger partial charge in [-0.05, 0) is 58.5 Å². The smallest absolute Gasteiger partial charge is 0.0285 e. The lowest BCUT2D eigenvalue weighted by Gasteiger charge is -2.46. The molecule has 3 heteroatoms. The quantitative estimate of drug-likeness (QED) is 0.528. The van der Waals surface area contributed by atoms with Crippen molar-refractivity contribution in [1.82, 2.24) is 4.90 Å². The summed E-state index contributed by atoms with van der Waals surface area (Å²) in [5, 5.41) is 0. The molecule has 1 spiro atoms. The molecule has 0 saturated carbocycles. The van der Waals surface area contributed by atoms with Crippen LogP contribution in [0.15, 0.2) is 12.2 Å². The SMILES string of the molecule is CC.CC(C)(C)N1CCC2(CC=C[C@H]2N)CC1.[B]. The van der Waals surface area contributed by atoms with Crippen molar-refractivity contribution in [2.24, 2.45) is 11.1 Å². The number of likely N-dealkylation sites (tertiary alicyclic amines) is 1. The summed E-state index contributed by atoms with van der Waals surface area (Å²) in [6, 6.07) is 0.305. The molecule has 2 aliphatic rings. The summed E-state index contributed by atoms with van der Waals surface area (Å²) in [6.07, 6.45) is 8.20. The molecule has 0 unspecified atom stereocenters. The van der Waals surface area contributed by atoms with E-state index in [1.165, 1.54) is 32.4 Å². The minimum absolute atomic E-state index is 0. The number of hydrogen-bond donors (Lipinski definition) is 1. The fourth-order valence-corrected chi connectivity index (χ4v) is 2.95. The van der Waals surface area contributed by atoms with Crippen LogP contribution in [0.2, 0.25) is 0 Å². The Morgan fingerprint density at radius 1 is 1.17 bits per heavy atom. The maximum absolute atomic E-state index is 6.19. The van der Waals surface area contributed by atoms with Gasteiger partial charge in [0, 0.05) is 20.0 Å². The molecule has 0 bridgehead atoms. The highest BCUT2D eigenvalue weighted by molar-refractivity contribution is 5.75. The molecule has 103 valence electrons. The standard InChI is InChI=1S/C13H24N2.C2H6.B/c1-12(2,3)15-9-7-13(8-10-15)6-4-5-11(13)14;1-2;/h4-5,11H,6-10,14H2,1-3H3;1-2H3;/t11-;;/m1../s1. The molecule has 0 aromatic rings. The van der Waals surface area contributed by atoms with Crippen LogP contribution in [0, 0.1) is 5.41 Å². The van der Waals surface area contributed by atoms with E-state index in [0.29, 0.717) is 17.0 Å². The number of hydrogen-bond acceptors (Lipinski definition) is 2. The Morgan fingerprint density at radius 3 is 2.00 bits per heavy atom. The molecule has 0 amide bonds. The Balaban J connectivity index is 0.000000917. The Morgan fingerprint density at radius 2 is 1.67 bits per heavy atom. The summed E-state index contributed by atoms with van der Waals surface area (Å²) >= 11 is 0. The van der Waals surface area contributed by atoms with Gasteiger partial charge in [-0.2, -0.15) is 0 Å². The number of nitrogens with two attached hydrogens (primary N) is 1. The van der Waals surface area contributed by atoms with Gasteiger partial charge in [-0.25, -0.2) is 0 Å². The molecule has 1 atom stereocenters. The molecule has 1 saturated heterocycles. The largest absolute Gasteiger partial charge is 0.324 e. The zero-order valence-electron chi connectivity index (χ0n) is 12.9. The average Bonchev–Trinajstić information content (AvgIpc) is 2.63. The Kier molecular flexibility index (Phi) is 6.66. The number of nitrogens with zero attached hydrogens (tertiary/aromatic N) is 1. The molecule has 1 aliphatic heterocycles. The maximum atomic E-state index is 6.19. The van der Waals surface area contributed by atoms with Crippen LogP contribution in [-0.2, 0) is 0 Å². The molecular weight excluding hydrogens is 219 g/mol. The molecule has 2 rings (SSSR count). The highest BCUT2D eigenvalue weighted by Gasteiger charge is 2.41. The van der Waals surface area contributed by atoms with Gasteiger partial charge >= 0.3 is 0 Å². The van der Waals surface area contributed by atoms with Crippen molar-refractivity contribution in [1.29, 1.82) is 0 Å². The highest BCUT2D eigenvalue weighted by Crippen LogP contribution is 2.43. The van der Waals surface area contributed by atoms with Gasteiger partial charge in [0.05, 0.1) is 0 Å². The van der Waals surface area contributed by atoms with Crippen LogP contribution in [0.5, 0.6) is 0 Å². The van der Waals surface area contributed by atoms with Crippen LogP contribution in [0.25, 0.3) is 0 Å². The van der Waals surface area contributed by atoms with Crippen molar-refractivity contribution in [3.05, 3.63) is 12.2 Å². The van der Waals surface area contributed by atoms with Crippen molar-refractivity contribution >= 4 is 8.41 Å². The van der Waals surface area contributed by atoms with Crippen LogP contribution in [0.3, 0.4) is 0 Å². The van der Waals surface area contributed by atoms with E-state index in [4.69, 9.17) is 5.73 Å². The van der Waals surface area contributed by atoms with Crippen molar-refractivity contribution in [3.8, 4) is 0 Å². The van der Waals surface area contributed by atoms with Crippen LogP contribution in [0.4, 0.5) is 0 Å². The lowest BCUT2D eigenvalue weighted by Crippen LogP contribution is -2.52. The molecule has 1 heterocycles. The lowest BCUT2D eigenvalue weighted by atomic mass is 9.73. The fourth-order valence-electron chi connectivity index (χ4n) is 2.95. The van der Waals surface area contributed by atoms with E-state index >= 15 is 0 Å². The van der Waals surface area contributed by atoms with Crippen molar-refractivity contribution in [3.63, 3.8) is 0 Å². The van der Waals surface area contributed by atoms with Crippen molar-refractivity contribution in [2.75, 3.05) is 13.1 Å². The van der Waals surface area contributed by atoms with E-state index in [2.05, 4.69) is 37.8 Å². The third kappa shape index (κ3) is 3.61. The van der Waals surface area contributed by atoms with Crippen LogP contribution in [0.1, 0.15) is 53.9 Å². The molecular formula is C15H30BN2. The van der Waals surface area contributed by atoms with E-state index in [1.807, 2.05) is 13.8 Å². The van der Waals surface area contributed by atoms with Crippen molar-refractivity contribution in [2.45, 2.75) is 65.5 Å².